The lowest BCUT2D eigenvalue weighted by Crippen LogP contribution is -2.51. The first kappa shape index (κ1) is 12.6. The predicted molar refractivity (Wildman–Crippen MR) is 65.3 cm³/mol. The molecule has 0 aromatic carbocycles. The van der Waals surface area contributed by atoms with Gasteiger partial charge < -0.3 is 15.4 Å². The van der Waals surface area contributed by atoms with E-state index in [1.54, 1.807) is 11.8 Å². The van der Waals surface area contributed by atoms with Gasteiger partial charge in [-0.2, -0.15) is 0 Å². The highest BCUT2D eigenvalue weighted by atomic mass is 16.2. The average molecular weight is 238 g/mol. The third kappa shape index (κ3) is 1.99. The second kappa shape index (κ2) is 4.41. The van der Waals surface area contributed by atoms with Gasteiger partial charge in [0.1, 0.15) is 6.29 Å². The van der Waals surface area contributed by atoms with Crippen LogP contribution in [0.1, 0.15) is 46.0 Å². The molecule has 0 aromatic heterocycles. The van der Waals surface area contributed by atoms with Gasteiger partial charge in [-0.3, -0.25) is 4.79 Å². The molecule has 0 bridgehead atoms. The summed E-state index contributed by atoms with van der Waals surface area (Å²) in [5.74, 6) is -0.0716. The molecule has 4 heteroatoms. The summed E-state index contributed by atoms with van der Waals surface area (Å²) in [5.41, 5.74) is 5.81. The van der Waals surface area contributed by atoms with Crippen LogP contribution in [-0.4, -0.2) is 35.2 Å². The second-order valence-corrected chi connectivity index (χ2v) is 5.86. The largest absolute Gasteiger partial charge is 0.328 e. The van der Waals surface area contributed by atoms with Crippen LogP contribution in [0.2, 0.25) is 0 Å². The zero-order chi connectivity index (χ0) is 12.6. The van der Waals surface area contributed by atoms with E-state index in [0.29, 0.717) is 0 Å². The maximum Gasteiger partial charge on any atom is 0.240 e. The van der Waals surface area contributed by atoms with Crippen LogP contribution in [0.15, 0.2) is 0 Å². The molecule has 1 saturated heterocycles. The fourth-order valence-corrected chi connectivity index (χ4v) is 3.57. The summed E-state index contributed by atoms with van der Waals surface area (Å²) in [6, 6.07) is -0.562. The van der Waals surface area contributed by atoms with Gasteiger partial charge in [-0.05, 0) is 31.6 Å². The first-order valence-corrected chi connectivity index (χ1v) is 6.52. The molecular weight excluding hydrogens is 216 g/mol. The minimum Gasteiger partial charge on any atom is -0.328 e. The van der Waals surface area contributed by atoms with Crippen molar-refractivity contribution in [1.29, 1.82) is 0 Å². The average Bonchev–Trinajstić information content (AvgIpc) is 2.60. The third-order valence-corrected chi connectivity index (χ3v) is 4.45. The molecule has 1 amide bonds. The van der Waals surface area contributed by atoms with Crippen molar-refractivity contribution in [2.24, 2.45) is 11.1 Å². The summed E-state index contributed by atoms with van der Waals surface area (Å²) >= 11 is 0. The molecule has 2 fully saturated rings. The Bertz CT molecular complexity index is 329. The number of nitrogens with zero attached hydrogens (tertiary/aromatic N) is 1. The van der Waals surface area contributed by atoms with Crippen molar-refractivity contribution in [2.45, 2.75) is 64.1 Å². The first-order valence-electron chi connectivity index (χ1n) is 6.52. The van der Waals surface area contributed by atoms with Crippen LogP contribution in [0.5, 0.6) is 0 Å². The number of nitrogens with two attached hydrogens (primary N) is 1. The van der Waals surface area contributed by atoms with Crippen LogP contribution in [0.4, 0.5) is 0 Å². The predicted octanol–water partition coefficient (Wildman–Crippen LogP) is 1.08. The molecule has 0 unspecified atom stereocenters. The van der Waals surface area contributed by atoms with Crippen molar-refractivity contribution < 1.29 is 9.59 Å². The number of carbonyl (C=O) groups excluding carboxylic acids is 2. The molecule has 2 rings (SSSR count). The van der Waals surface area contributed by atoms with E-state index >= 15 is 0 Å². The van der Waals surface area contributed by atoms with E-state index < -0.39 is 6.04 Å². The summed E-state index contributed by atoms with van der Waals surface area (Å²) in [6.45, 7) is 3.91. The maximum absolute atomic E-state index is 12.2. The van der Waals surface area contributed by atoms with Gasteiger partial charge in [0.05, 0.1) is 12.1 Å². The topological polar surface area (TPSA) is 63.4 Å². The van der Waals surface area contributed by atoms with Crippen LogP contribution in [0.3, 0.4) is 0 Å². The summed E-state index contributed by atoms with van der Waals surface area (Å²) in [6.07, 6.45) is 6.21. The molecule has 2 aliphatic rings. The smallest absolute Gasteiger partial charge is 0.240 e. The Balaban J connectivity index is 2.28. The minimum absolute atomic E-state index is 0.0716. The van der Waals surface area contributed by atoms with Crippen molar-refractivity contribution in [3.63, 3.8) is 0 Å². The zero-order valence-corrected chi connectivity index (χ0v) is 10.7. The lowest BCUT2D eigenvalue weighted by molar-refractivity contribution is -0.138. The van der Waals surface area contributed by atoms with Gasteiger partial charge in [-0.25, -0.2) is 0 Å². The van der Waals surface area contributed by atoms with E-state index in [4.69, 9.17) is 5.73 Å². The molecule has 0 radical (unpaired) electrons. The van der Waals surface area contributed by atoms with Crippen LogP contribution in [0, 0.1) is 5.41 Å². The van der Waals surface area contributed by atoms with E-state index in [0.717, 1.165) is 32.0 Å². The first-order chi connectivity index (χ1) is 7.99. The molecule has 1 aliphatic heterocycles. The highest BCUT2D eigenvalue weighted by Crippen LogP contribution is 2.48. The number of likely N-dealkylation sites (tertiary alicyclic amines) is 1. The summed E-state index contributed by atoms with van der Waals surface area (Å²) < 4.78 is 0. The number of hydrogen-bond donors (Lipinski definition) is 1. The molecule has 1 aliphatic carbocycles. The number of hydrogen-bond acceptors (Lipinski definition) is 3. The highest BCUT2D eigenvalue weighted by molar-refractivity contribution is 5.85. The normalized spacial score (nSPS) is 38.6. The van der Waals surface area contributed by atoms with Crippen LogP contribution in [0.25, 0.3) is 0 Å². The van der Waals surface area contributed by atoms with Crippen molar-refractivity contribution in [2.75, 3.05) is 0 Å². The van der Waals surface area contributed by atoms with E-state index in [9.17, 15) is 9.59 Å². The molecule has 4 nitrogen and oxygen atoms in total. The number of aldehydes is 1. The van der Waals surface area contributed by atoms with E-state index in [-0.39, 0.29) is 23.4 Å². The quantitative estimate of drug-likeness (QED) is 0.732. The molecule has 0 aromatic rings. The Kier molecular flexibility index (Phi) is 3.25. The number of rotatable bonds is 2. The van der Waals surface area contributed by atoms with Gasteiger partial charge >= 0.3 is 0 Å². The molecule has 17 heavy (non-hydrogen) atoms. The van der Waals surface area contributed by atoms with Crippen molar-refractivity contribution >= 4 is 12.2 Å². The third-order valence-electron chi connectivity index (χ3n) is 4.45. The van der Waals surface area contributed by atoms with Gasteiger partial charge in [-0.1, -0.05) is 19.8 Å². The van der Waals surface area contributed by atoms with Gasteiger partial charge in [0.2, 0.25) is 5.91 Å². The number of fused-ring (bicyclic) bond motifs is 1. The lowest BCUT2D eigenvalue weighted by atomic mass is 9.71. The SMILES string of the molecule is C[C@H](N)C(=O)N1[C@H](C=O)C[C@]2(C)CCCC[C@H]12. The Morgan fingerprint density at radius 1 is 1.53 bits per heavy atom. The molecule has 1 heterocycles. The zero-order valence-electron chi connectivity index (χ0n) is 10.7. The summed E-state index contributed by atoms with van der Waals surface area (Å²) in [7, 11) is 0. The Labute approximate surface area is 103 Å². The lowest BCUT2D eigenvalue weighted by Gasteiger charge is -2.39. The highest BCUT2D eigenvalue weighted by Gasteiger charge is 2.51. The second-order valence-electron chi connectivity index (χ2n) is 5.86. The number of amides is 1. The van der Waals surface area contributed by atoms with Gasteiger partial charge in [0.25, 0.3) is 0 Å². The molecule has 4 atom stereocenters. The summed E-state index contributed by atoms with van der Waals surface area (Å²) in [5, 5.41) is 0. The molecule has 1 saturated carbocycles. The Morgan fingerprint density at radius 2 is 2.24 bits per heavy atom. The van der Waals surface area contributed by atoms with E-state index in [1.165, 1.54) is 6.42 Å². The van der Waals surface area contributed by atoms with Crippen LogP contribution in [-0.2, 0) is 9.59 Å². The Hall–Kier alpha value is -0.900. The molecule has 0 spiro atoms. The van der Waals surface area contributed by atoms with Gasteiger partial charge in [-0.15, -0.1) is 0 Å². The number of carbonyl (C=O) groups is 2. The minimum atomic E-state index is -0.512. The van der Waals surface area contributed by atoms with E-state index in [1.807, 2.05) is 0 Å². The van der Waals surface area contributed by atoms with Crippen LogP contribution >= 0.6 is 0 Å². The molecular formula is C13H22N2O2. The van der Waals surface area contributed by atoms with E-state index in [2.05, 4.69) is 6.92 Å². The van der Waals surface area contributed by atoms with Crippen molar-refractivity contribution in [1.82, 2.24) is 4.90 Å². The van der Waals surface area contributed by atoms with Gasteiger partial charge in [0.15, 0.2) is 0 Å². The van der Waals surface area contributed by atoms with Crippen molar-refractivity contribution in [3.05, 3.63) is 0 Å². The van der Waals surface area contributed by atoms with Gasteiger partial charge in [0, 0.05) is 6.04 Å². The molecule has 96 valence electrons. The Morgan fingerprint density at radius 3 is 2.82 bits per heavy atom. The summed E-state index contributed by atoms with van der Waals surface area (Å²) in [4.78, 5) is 25.1. The fraction of sp³-hybridized carbons (Fsp3) is 0.846. The monoisotopic (exact) mass is 238 g/mol. The van der Waals surface area contributed by atoms with Crippen LogP contribution < -0.4 is 5.73 Å². The molecule has 2 N–H and O–H groups in total. The maximum atomic E-state index is 12.2. The fourth-order valence-electron chi connectivity index (χ4n) is 3.57. The van der Waals surface area contributed by atoms with Crippen molar-refractivity contribution in [3.8, 4) is 0 Å². The standard InChI is InChI=1S/C13H22N2O2/c1-9(14)12(17)15-10(8-16)7-13(2)6-4-3-5-11(13)15/h8-11H,3-7,14H2,1-2H3/t9-,10-,11-,13-/m0/s1.